The van der Waals surface area contributed by atoms with Crippen molar-refractivity contribution in [1.29, 1.82) is 0 Å². The maximum atomic E-state index is 12.4. The number of hydrogen-bond donors (Lipinski definition) is 2. The Labute approximate surface area is 143 Å². The number of amides is 1. The molecule has 5 heteroatoms. The molecule has 2 N–H and O–H groups in total. The molecular formula is C18H22ClN3O. The lowest BCUT2D eigenvalue weighted by Gasteiger charge is -2.18. The van der Waals surface area contributed by atoms with Gasteiger partial charge in [-0.1, -0.05) is 12.1 Å². The summed E-state index contributed by atoms with van der Waals surface area (Å²) in [4.78, 5) is 14.4. The average molecular weight is 332 g/mol. The molecule has 23 heavy (non-hydrogen) atoms. The van der Waals surface area contributed by atoms with E-state index in [9.17, 15) is 4.79 Å². The highest BCUT2D eigenvalue weighted by Crippen LogP contribution is 2.20. The van der Waals surface area contributed by atoms with E-state index in [0.717, 1.165) is 30.9 Å². The van der Waals surface area contributed by atoms with Gasteiger partial charge in [-0.25, -0.2) is 0 Å². The van der Waals surface area contributed by atoms with E-state index < -0.39 is 0 Å². The van der Waals surface area contributed by atoms with Crippen LogP contribution in [-0.4, -0.2) is 26.5 Å². The van der Waals surface area contributed by atoms with Gasteiger partial charge < -0.3 is 15.5 Å². The number of halogens is 1. The lowest BCUT2D eigenvalue weighted by Crippen LogP contribution is -2.23. The Morgan fingerprint density at radius 2 is 1.96 bits per heavy atom. The van der Waals surface area contributed by atoms with Crippen molar-refractivity contribution in [3.05, 3.63) is 59.2 Å². The zero-order valence-corrected chi connectivity index (χ0v) is 14.2. The highest BCUT2D eigenvalue weighted by molar-refractivity contribution is 6.04. The van der Waals surface area contributed by atoms with Gasteiger partial charge in [-0.2, -0.15) is 0 Å². The van der Waals surface area contributed by atoms with Gasteiger partial charge in [0.05, 0.1) is 0 Å². The van der Waals surface area contributed by atoms with E-state index in [1.165, 1.54) is 11.1 Å². The Balaban J connectivity index is 0.00000192. The Hall–Kier alpha value is -2.04. The summed E-state index contributed by atoms with van der Waals surface area (Å²) in [6.07, 6.45) is 1.05. The molecule has 2 aromatic rings. The third-order valence-electron chi connectivity index (χ3n) is 3.98. The first-order chi connectivity index (χ1) is 10.6. The van der Waals surface area contributed by atoms with E-state index in [1.54, 1.807) is 0 Å². The molecule has 0 aliphatic carbocycles. The van der Waals surface area contributed by atoms with Gasteiger partial charge >= 0.3 is 0 Å². The molecule has 0 bridgehead atoms. The van der Waals surface area contributed by atoms with Crippen LogP contribution in [0.5, 0.6) is 0 Å². The SMILES string of the molecule is CN(C)c1cccc(C(=O)Nc2ccc3c(c2)CNCC3)c1.Cl. The molecule has 1 amide bonds. The fourth-order valence-electron chi connectivity index (χ4n) is 2.69. The molecule has 0 saturated heterocycles. The second kappa shape index (κ2) is 7.49. The van der Waals surface area contributed by atoms with Crippen molar-refractivity contribution in [1.82, 2.24) is 5.32 Å². The number of carbonyl (C=O) groups excluding carboxylic acids is 1. The summed E-state index contributed by atoms with van der Waals surface area (Å²) in [5.41, 5.74) is 5.17. The number of rotatable bonds is 3. The molecule has 0 saturated carbocycles. The zero-order valence-electron chi connectivity index (χ0n) is 13.4. The van der Waals surface area contributed by atoms with Crippen LogP contribution >= 0.6 is 12.4 Å². The second-order valence-electron chi connectivity index (χ2n) is 5.81. The van der Waals surface area contributed by atoms with Crippen molar-refractivity contribution in [3.8, 4) is 0 Å². The molecule has 0 aromatic heterocycles. The van der Waals surface area contributed by atoms with Crippen LogP contribution in [0.4, 0.5) is 11.4 Å². The molecule has 0 unspecified atom stereocenters. The number of carbonyl (C=O) groups is 1. The van der Waals surface area contributed by atoms with E-state index in [0.29, 0.717) is 5.56 Å². The fourth-order valence-corrected chi connectivity index (χ4v) is 2.69. The molecule has 2 aromatic carbocycles. The van der Waals surface area contributed by atoms with E-state index in [-0.39, 0.29) is 18.3 Å². The van der Waals surface area contributed by atoms with Crippen molar-refractivity contribution in [2.24, 2.45) is 0 Å². The van der Waals surface area contributed by atoms with E-state index >= 15 is 0 Å². The highest BCUT2D eigenvalue weighted by Gasteiger charge is 2.11. The van der Waals surface area contributed by atoms with E-state index in [1.807, 2.05) is 49.3 Å². The first kappa shape index (κ1) is 17.3. The van der Waals surface area contributed by atoms with Crippen LogP contribution in [0.2, 0.25) is 0 Å². The van der Waals surface area contributed by atoms with Gasteiger partial charge in [-0.05, 0) is 54.4 Å². The topological polar surface area (TPSA) is 44.4 Å². The molecule has 0 radical (unpaired) electrons. The predicted octanol–water partition coefficient (Wildman–Crippen LogP) is 3.07. The van der Waals surface area contributed by atoms with Crippen LogP contribution in [-0.2, 0) is 13.0 Å². The fraction of sp³-hybridized carbons (Fsp3) is 0.278. The van der Waals surface area contributed by atoms with Crippen molar-refractivity contribution >= 4 is 29.7 Å². The van der Waals surface area contributed by atoms with Crippen molar-refractivity contribution in [2.45, 2.75) is 13.0 Å². The van der Waals surface area contributed by atoms with Crippen LogP contribution in [0.3, 0.4) is 0 Å². The quantitative estimate of drug-likeness (QED) is 0.908. The largest absolute Gasteiger partial charge is 0.378 e. The maximum Gasteiger partial charge on any atom is 0.255 e. The van der Waals surface area contributed by atoms with Crippen LogP contribution in [0.25, 0.3) is 0 Å². The third kappa shape index (κ3) is 4.03. The number of hydrogen-bond acceptors (Lipinski definition) is 3. The standard InChI is InChI=1S/C18H21N3O.ClH/c1-21(2)17-5-3-4-14(11-17)18(22)20-16-7-6-13-8-9-19-12-15(13)10-16;/h3-7,10-11,19H,8-9,12H2,1-2H3,(H,20,22);1H. The summed E-state index contributed by atoms with van der Waals surface area (Å²) >= 11 is 0. The number of nitrogens with one attached hydrogen (secondary N) is 2. The van der Waals surface area contributed by atoms with Crippen LogP contribution in [0.15, 0.2) is 42.5 Å². The summed E-state index contributed by atoms with van der Waals surface area (Å²) in [6, 6.07) is 13.8. The molecule has 4 nitrogen and oxygen atoms in total. The minimum atomic E-state index is -0.0765. The summed E-state index contributed by atoms with van der Waals surface area (Å²) in [7, 11) is 3.93. The highest BCUT2D eigenvalue weighted by atomic mass is 35.5. The minimum absolute atomic E-state index is 0. The summed E-state index contributed by atoms with van der Waals surface area (Å²) in [5.74, 6) is -0.0765. The Morgan fingerprint density at radius 1 is 1.13 bits per heavy atom. The van der Waals surface area contributed by atoms with Crippen LogP contribution in [0.1, 0.15) is 21.5 Å². The molecule has 0 spiro atoms. The lowest BCUT2D eigenvalue weighted by molar-refractivity contribution is 0.102. The Kier molecular flexibility index (Phi) is 5.64. The van der Waals surface area contributed by atoms with Gasteiger partial charge in [0.15, 0.2) is 0 Å². The van der Waals surface area contributed by atoms with Gasteiger partial charge in [-0.3, -0.25) is 4.79 Å². The number of anilines is 2. The second-order valence-corrected chi connectivity index (χ2v) is 5.81. The average Bonchev–Trinajstić information content (AvgIpc) is 2.55. The van der Waals surface area contributed by atoms with Gasteiger partial charge in [0.2, 0.25) is 0 Å². The lowest BCUT2D eigenvalue weighted by atomic mass is 10.0. The number of fused-ring (bicyclic) bond motifs is 1. The molecular weight excluding hydrogens is 310 g/mol. The summed E-state index contributed by atoms with van der Waals surface area (Å²) < 4.78 is 0. The van der Waals surface area contributed by atoms with Gasteiger partial charge in [0, 0.05) is 37.6 Å². The summed E-state index contributed by atoms with van der Waals surface area (Å²) in [6.45, 7) is 1.89. The van der Waals surface area contributed by atoms with Crippen LogP contribution < -0.4 is 15.5 Å². The van der Waals surface area contributed by atoms with Crippen molar-refractivity contribution < 1.29 is 4.79 Å². The molecule has 1 aliphatic rings. The molecule has 1 aliphatic heterocycles. The first-order valence-corrected chi connectivity index (χ1v) is 7.55. The monoisotopic (exact) mass is 331 g/mol. The Morgan fingerprint density at radius 3 is 2.74 bits per heavy atom. The minimum Gasteiger partial charge on any atom is -0.378 e. The molecule has 122 valence electrons. The van der Waals surface area contributed by atoms with Crippen LogP contribution in [0, 0.1) is 0 Å². The number of benzene rings is 2. The zero-order chi connectivity index (χ0) is 15.5. The number of nitrogens with zero attached hydrogens (tertiary/aromatic N) is 1. The first-order valence-electron chi connectivity index (χ1n) is 7.55. The maximum absolute atomic E-state index is 12.4. The predicted molar refractivity (Wildman–Crippen MR) is 97.8 cm³/mol. The smallest absolute Gasteiger partial charge is 0.255 e. The van der Waals surface area contributed by atoms with Crippen molar-refractivity contribution in [3.63, 3.8) is 0 Å². The molecule has 1 heterocycles. The van der Waals surface area contributed by atoms with Gasteiger partial charge in [-0.15, -0.1) is 12.4 Å². The molecule has 3 rings (SSSR count). The molecule has 0 atom stereocenters. The van der Waals surface area contributed by atoms with Gasteiger partial charge in [0.1, 0.15) is 0 Å². The normalized spacial score (nSPS) is 12.8. The van der Waals surface area contributed by atoms with E-state index in [4.69, 9.17) is 0 Å². The summed E-state index contributed by atoms with van der Waals surface area (Å²) in [5, 5.41) is 6.34. The molecule has 0 fully saturated rings. The van der Waals surface area contributed by atoms with Gasteiger partial charge in [0.25, 0.3) is 5.91 Å². The van der Waals surface area contributed by atoms with Crippen molar-refractivity contribution in [2.75, 3.05) is 30.9 Å². The third-order valence-corrected chi connectivity index (χ3v) is 3.98. The Bertz CT molecular complexity index is 700. The van der Waals surface area contributed by atoms with E-state index in [2.05, 4.69) is 22.8 Å².